The number of amides is 1. The molecule has 0 aliphatic rings. The molecule has 0 fully saturated rings. The van der Waals surface area contributed by atoms with Crippen LogP contribution in [0.3, 0.4) is 0 Å². The van der Waals surface area contributed by atoms with Gasteiger partial charge in [-0.2, -0.15) is 0 Å². The Hall–Kier alpha value is -2.86. The largest absolute Gasteiger partial charge is 0.449 e. The van der Waals surface area contributed by atoms with Crippen LogP contribution in [0.25, 0.3) is 10.9 Å². The van der Waals surface area contributed by atoms with Crippen molar-refractivity contribution in [3.63, 3.8) is 0 Å². The first-order valence-corrected chi connectivity index (χ1v) is 7.86. The summed E-state index contributed by atoms with van der Waals surface area (Å²) in [5.41, 5.74) is 1.46. The number of aromatic amines is 1. The minimum Gasteiger partial charge on any atom is -0.449 e. The second-order valence-corrected chi connectivity index (χ2v) is 5.82. The molecule has 1 aromatic heterocycles. The van der Waals surface area contributed by atoms with Gasteiger partial charge in [0.05, 0.1) is 10.6 Å². The molecule has 3 aromatic rings. The van der Waals surface area contributed by atoms with E-state index >= 15 is 0 Å². The average molecular weight is 361 g/mol. The molecule has 1 atom stereocenters. The lowest BCUT2D eigenvalue weighted by atomic mass is 10.2. The Bertz CT molecular complexity index is 954. The van der Waals surface area contributed by atoms with Gasteiger partial charge in [0.1, 0.15) is 5.82 Å². The molecule has 3 rings (SSSR count). The summed E-state index contributed by atoms with van der Waals surface area (Å²) < 4.78 is 18.3. The van der Waals surface area contributed by atoms with E-state index in [0.29, 0.717) is 16.6 Å². The maximum absolute atomic E-state index is 13.1. The summed E-state index contributed by atoms with van der Waals surface area (Å²) in [4.78, 5) is 27.4. The quantitative estimate of drug-likeness (QED) is 0.687. The van der Waals surface area contributed by atoms with Gasteiger partial charge in [0.15, 0.2) is 6.10 Å². The Labute approximate surface area is 147 Å². The predicted octanol–water partition coefficient (Wildman–Crippen LogP) is 4.14. The average Bonchev–Trinajstić information content (AvgIpc) is 3.02. The number of H-pyrrole nitrogens is 1. The fraction of sp³-hybridized carbons (Fsp3) is 0.111. The number of ether oxygens (including phenoxy) is 1. The van der Waals surface area contributed by atoms with Crippen molar-refractivity contribution in [1.29, 1.82) is 0 Å². The van der Waals surface area contributed by atoms with Crippen LogP contribution in [0.15, 0.2) is 48.7 Å². The van der Waals surface area contributed by atoms with Gasteiger partial charge >= 0.3 is 5.97 Å². The lowest BCUT2D eigenvalue weighted by molar-refractivity contribution is -0.123. The zero-order valence-electron chi connectivity index (χ0n) is 13.2. The standard InChI is InChI=1S/C18H14ClFN2O3/c1-10(17(23)22-11-6-7-15(20)14(19)8-11)25-18(24)13-9-21-16-5-3-2-4-12(13)16/h2-10,21H,1H3,(H,22,23)/t10-/m1/s1. The number of carbonyl (C=O) groups excluding carboxylic acids is 2. The van der Waals surface area contributed by atoms with Crippen molar-refractivity contribution in [2.45, 2.75) is 13.0 Å². The number of fused-ring (bicyclic) bond motifs is 1. The Balaban J connectivity index is 1.68. The number of carbonyl (C=O) groups is 2. The van der Waals surface area contributed by atoms with Crippen molar-refractivity contribution in [2.24, 2.45) is 0 Å². The number of para-hydroxylation sites is 1. The van der Waals surface area contributed by atoms with E-state index < -0.39 is 23.8 Å². The molecule has 2 aromatic carbocycles. The first-order chi connectivity index (χ1) is 12.0. The van der Waals surface area contributed by atoms with Crippen molar-refractivity contribution in [1.82, 2.24) is 4.98 Å². The van der Waals surface area contributed by atoms with E-state index in [1.165, 1.54) is 25.3 Å². The summed E-state index contributed by atoms with van der Waals surface area (Å²) in [6.07, 6.45) is 0.502. The summed E-state index contributed by atoms with van der Waals surface area (Å²) in [5, 5.41) is 3.13. The normalized spacial score (nSPS) is 12.0. The van der Waals surface area contributed by atoms with Crippen LogP contribution in [-0.2, 0) is 9.53 Å². The number of aromatic nitrogens is 1. The second kappa shape index (κ2) is 6.94. The number of esters is 1. The molecule has 0 saturated carbocycles. The molecule has 0 unspecified atom stereocenters. The molecule has 0 bridgehead atoms. The number of nitrogens with one attached hydrogen (secondary N) is 2. The van der Waals surface area contributed by atoms with E-state index in [9.17, 15) is 14.0 Å². The second-order valence-electron chi connectivity index (χ2n) is 5.41. The highest BCUT2D eigenvalue weighted by atomic mass is 35.5. The SMILES string of the molecule is C[C@@H](OC(=O)c1c[nH]c2ccccc12)C(=O)Nc1ccc(F)c(Cl)c1. The van der Waals surface area contributed by atoms with Crippen LogP contribution in [0.2, 0.25) is 5.02 Å². The molecule has 1 heterocycles. The topological polar surface area (TPSA) is 71.2 Å². The zero-order chi connectivity index (χ0) is 18.0. The first kappa shape index (κ1) is 17.0. The van der Waals surface area contributed by atoms with Gasteiger partial charge in [-0.05, 0) is 31.2 Å². The van der Waals surface area contributed by atoms with E-state index in [0.717, 1.165) is 11.6 Å². The van der Waals surface area contributed by atoms with Crippen LogP contribution in [-0.4, -0.2) is 23.0 Å². The van der Waals surface area contributed by atoms with E-state index in [4.69, 9.17) is 16.3 Å². The third kappa shape index (κ3) is 3.64. The Morgan fingerprint density at radius 1 is 1.24 bits per heavy atom. The molecule has 7 heteroatoms. The van der Waals surface area contributed by atoms with Crippen LogP contribution >= 0.6 is 11.6 Å². The molecule has 0 saturated heterocycles. The van der Waals surface area contributed by atoms with Gasteiger partial charge in [-0.15, -0.1) is 0 Å². The Kier molecular flexibility index (Phi) is 4.72. The number of hydrogen-bond acceptors (Lipinski definition) is 3. The van der Waals surface area contributed by atoms with Gasteiger partial charge in [0, 0.05) is 22.8 Å². The van der Waals surface area contributed by atoms with Crippen LogP contribution in [0.4, 0.5) is 10.1 Å². The molecule has 2 N–H and O–H groups in total. The lowest BCUT2D eigenvalue weighted by Crippen LogP contribution is -2.30. The summed E-state index contributed by atoms with van der Waals surface area (Å²) in [6, 6.07) is 11.1. The maximum Gasteiger partial charge on any atom is 0.341 e. The third-order valence-corrected chi connectivity index (χ3v) is 3.94. The minimum atomic E-state index is -1.04. The monoisotopic (exact) mass is 360 g/mol. The van der Waals surface area contributed by atoms with E-state index in [2.05, 4.69) is 10.3 Å². The van der Waals surface area contributed by atoms with Crippen LogP contribution in [0.5, 0.6) is 0 Å². The van der Waals surface area contributed by atoms with Crippen molar-refractivity contribution in [3.8, 4) is 0 Å². The number of hydrogen-bond donors (Lipinski definition) is 2. The molecule has 25 heavy (non-hydrogen) atoms. The van der Waals surface area contributed by atoms with E-state index in [1.54, 1.807) is 12.1 Å². The number of benzene rings is 2. The van der Waals surface area contributed by atoms with Gasteiger partial charge in [-0.1, -0.05) is 29.8 Å². The number of anilines is 1. The highest BCUT2D eigenvalue weighted by molar-refractivity contribution is 6.31. The van der Waals surface area contributed by atoms with Gasteiger partial charge < -0.3 is 15.0 Å². The molecule has 1 amide bonds. The highest BCUT2D eigenvalue weighted by Crippen LogP contribution is 2.21. The molecular formula is C18H14ClFN2O3. The fourth-order valence-corrected chi connectivity index (χ4v) is 2.52. The molecule has 128 valence electrons. The number of halogens is 2. The predicted molar refractivity (Wildman–Crippen MR) is 93.2 cm³/mol. The van der Waals surface area contributed by atoms with Gasteiger partial charge in [0.2, 0.25) is 0 Å². The minimum absolute atomic E-state index is 0.110. The summed E-state index contributed by atoms with van der Waals surface area (Å²) in [7, 11) is 0. The molecule has 0 radical (unpaired) electrons. The summed E-state index contributed by atoms with van der Waals surface area (Å²) in [6.45, 7) is 1.45. The van der Waals surface area contributed by atoms with Gasteiger partial charge in [-0.25, -0.2) is 9.18 Å². The smallest absolute Gasteiger partial charge is 0.341 e. The number of rotatable bonds is 4. The maximum atomic E-state index is 13.1. The van der Waals surface area contributed by atoms with E-state index in [1.807, 2.05) is 12.1 Å². The molecule has 0 aliphatic heterocycles. The Morgan fingerprint density at radius 2 is 2.00 bits per heavy atom. The lowest BCUT2D eigenvalue weighted by Gasteiger charge is -2.13. The van der Waals surface area contributed by atoms with Gasteiger partial charge in [0.25, 0.3) is 5.91 Å². The third-order valence-electron chi connectivity index (χ3n) is 3.65. The highest BCUT2D eigenvalue weighted by Gasteiger charge is 2.21. The van der Waals surface area contributed by atoms with Crippen LogP contribution < -0.4 is 5.32 Å². The Morgan fingerprint density at radius 3 is 2.76 bits per heavy atom. The summed E-state index contributed by atoms with van der Waals surface area (Å²) >= 11 is 5.67. The molecule has 0 spiro atoms. The van der Waals surface area contributed by atoms with Crippen molar-refractivity contribution in [3.05, 3.63) is 65.1 Å². The zero-order valence-corrected chi connectivity index (χ0v) is 13.9. The van der Waals surface area contributed by atoms with Crippen LogP contribution in [0.1, 0.15) is 17.3 Å². The molecular weight excluding hydrogens is 347 g/mol. The van der Waals surface area contributed by atoms with E-state index in [-0.39, 0.29) is 5.02 Å². The van der Waals surface area contributed by atoms with Crippen molar-refractivity contribution in [2.75, 3.05) is 5.32 Å². The van der Waals surface area contributed by atoms with Crippen molar-refractivity contribution >= 4 is 40.1 Å². The van der Waals surface area contributed by atoms with Gasteiger partial charge in [-0.3, -0.25) is 4.79 Å². The summed E-state index contributed by atoms with van der Waals surface area (Å²) in [5.74, 6) is -1.74. The first-order valence-electron chi connectivity index (χ1n) is 7.48. The van der Waals surface area contributed by atoms with Crippen molar-refractivity contribution < 1.29 is 18.7 Å². The molecule has 0 aliphatic carbocycles. The fourth-order valence-electron chi connectivity index (χ4n) is 2.34. The van der Waals surface area contributed by atoms with Crippen LogP contribution in [0, 0.1) is 5.82 Å². The molecule has 5 nitrogen and oxygen atoms in total.